The maximum absolute atomic E-state index is 9.58. The lowest BCUT2D eigenvalue weighted by Crippen LogP contribution is -2.45. The smallest absolute Gasteiger partial charge is 0.118 e. The topological polar surface area (TPSA) is 43.9 Å². The zero-order chi connectivity index (χ0) is 18.6. The minimum absolute atomic E-state index is 0.802. The molecule has 138 valence electrons. The lowest BCUT2D eigenvalue weighted by molar-refractivity contribution is 0.122. The fourth-order valence-corrected chi connectivity index (χ4v) is 3.76. The molecule has 1 aliphatic rings. The van der Waals surface area contributed by atoms with Crippen molar-refractivity contribution >= 4 is 5.52 Å². The second-order valence-electron chi connectivity index (χ2n) is 7.03. The van der Waals surface area contributed by atoms with Gasteiger partial charge in [-0.15, -0.1) is 0 Å². The number of hydrogen-bond acceptors (Lipinski definition) is 4. The molecule has 0 aliphatic carbocycles. The highest BCUT2D eigenvalue weighted by molar-refractivity contribution is 5.65. The Bertz CT molecular complexity index is 947. The highest BCUT2D eigenvalue weighted by atomic mass is 16.5. The predicted octanol–water partition coefficient (Wildman–Crippen LogP) is 3.14. The second kappa shape index (κ2) is 7.83. The number of piperazine rings is 1. The van der Waals surface area contributed by atoms with Gasteiger partial charge >= 0.3 is 0 Å². The van der Waals surface area contributed by atoms with Gasteiger partial charge < -0.3 is 9.14 Å². The Morgan fingerprint density at radius 3 is 2.33 bits per heavy atom. The minimum atomic E-state index is 0.802. The molecule has 1 saturated heterocycles. The van der Waals surface area contributed by atoms with E-state index in [1.54, 1.807) is 7.11 Å². The van der Waals surface area contributed by atoms with Gasteiger partial charge in [-0.3, -0.25) is 9.80 Å². The molecule has 0 spiro atoms. The van der Waals surface area contributed by atoms with E-state index in [0.29, 0.717) is 0 Å². The number of nitrogens with zero attached hydrogens (tertiary/aromatic N) is 4. The fourth-order valence-electron chi connectivity index (χ4n) is 3.76. The van der Waals surface area contributed by atoms with Crippen molar-refractivity contribution in [2.45, 2.75) is 13.1 Å². The molecule has 0 bridgehead atoms. The maximum Gasteiger partial charge on any atom is 0.118 e. The monoisotopic (exact) mass is 360 g/mol. The molecular weight excluding hydrogens is 336 g/mol. The summed E-state index contributed by atoms with van der Waals surface area (Å²) in [4.78, 5) is 4.93. The molecule has 3 aromatic rings. The summed E-state index contributed by atoms with van der Waals surface area (Å²) in [6.45, 7) is 5.93. The van der Waals surface area contributed by atoms with E-state index in [-0.39, 0.29) is 0 Å². The molecule has 0 radical (unpaired) electrons. The number of ether oxygens (including phenoxy) is 1. The molecule has 4 rings (SSSR count). The van der Waals surface area contributed by atoms with Crippen molar-refractivity contribution in [2.24, 2.45) is 0 Å². The molecule has 0 amide bonds. The first-order valence-electron chi connectivity index (χ1n) is 9.33. The molecule has 5 heteroatoms. The molecule has 0 unspecified atom stereocenters. The molecule has 3 heterocycles. The predicted molar refractivity (Wildman–Crippen MR) is 106 cm³/mol. The van der Waals surface area contributed by atoms with Gasteiger partial charge in [-0.1, -0.05) is 18.2 Å². The van der Waals surface area contributed by atoms with Gasteiger partial charge in [-0.05, 0) is 29.8 Å². The molecular formula is C22H24N4O. The van der Waals surface area contributed by atoms with Crippen molar-refractivity contribution in [3.05, 3.63) is 71.5 Å². The van der Waals surface area contributed by atoms with Crippen molar-refractivity contribution in [2.75, 3.05) is 33.3 Å². The number of hydrogen-bond donors (Lipinski definition) is 0. The Morgan fingerprint density at radius 1 is 0.963 bits per heavy atom. The van der Waals surface area contributed by atoms with Crippen LogP contribution in [0.15, 0.2) is 54.9 Å². The van der Waals surface area contributed by atoms with Crippen LogP contribution in [-0.2, 0) is 13.1 Å². The van der Waals surface area contributed by atoms with Crippen LogP contribution in [0.1, 0.15) is 16.7 Å². The van der Waals surface area contributed by atoms with E-state index in [0.717, 1.165) is 61.7 Å². The summed E-state index contributed by atoms with van der Waals surface area (Å²) in [5.41, 5.74) is 4.23. The quantitative estimate of drug-likeness (QED) is 0.701. The standard InChI is InChI=1S/C22H24N4O/c1-27-20-7-5-18(6-8-20)15-24-10-12-25(13-11-24)16-19-17-26-9-3-2-4-22(26)21(19)14-23/h2-9,17H,10-13,15-16H2,1H3. The van der Waals surface area contributed by atoms with Crippen LogP contribution in [0.5, 0.6) is 5.75 Å². The van der Waals surface area contributed by atoms with Gasteiger partial charge in [0, 0.05) is 57.2 Å². The molecule has 0 atom stereocenters. The summed E-state index contributed by atoms with van der Waals surface area (Å²) < 4.78 is 7.28. The van der Waals surface area contributed by atoms with Gasteiger partial charge in [0.05, 0.1) is 18.2 Å². The SMILES string of the molecule is COc1ccc(CN2CCN(Cc3cn4ccccc4c3C#N)CC2)cc1. The van der Waals surface area contributed by atoms with E-state index < -0.39 is 0 Å². The Hall–Kier alpha value is -2.81. The Labute approximate surface area is 160 Å². The third kappa shape index (κ3) is 3.82. The van der Waals surface area contributed by atoms with Gasteiger partial charge in [0.1, 0.15) is 11.8 Å². The van der Waals surface area contributed by atoms with E-state index in [2.05, 4.69) is 34.2 Å². The third-order valence-electron chi connectivity index (χ3n) is 5.30. The van der Waals surface area contributed by atoms with Gasteiger partial charge in [-0.2, -0.15) is 5.26 Å². The van der Waals surface area contributed by atoms with Crippen LogP contribution in [0.3, 0.4) is 0 Å². The molecule has 27 heavy (non-hydrogen) atoms. The van der Waals surface area contributed by atoms with E-state index in [4.69, 9.17) is 4.74 Å². The molecule has 5 nitrogen and oxygen atoms in total. The van der Waals surface area contributed by atoms with E-state index in [1.807, 2.05) is 40.9 Å². The van der Waals surface area contributed by atoms with Gasteiger partial charge in [-0.25, -0.2) is 0 Å². The molecule has 1 fully saturated rings. The number of rotatable bonds is 5. The average Bonchev–Trinajstić information content (AvgIpc) is 3.07. The van der Waals surface area contributed by atoms with E-state index in [9.17, 15) is 5.26 Å². The Balaban J connectivity index is 1.36. The van der Waals surface area contributed by atoms with Crippen LogP contribution in [0, 0.1) is 11.3 Å². The number of nitriles is 1. The van der Waals surface area contributed by atoms with Crippen LogP contribution in [0.2, 0.25) is 0 Å². The first-order chi connectivity index (χ1) is 13.3. The van der Waals surface area contributed by atoms with Crippen LogP contribution in [-0.4, -0.2) is 47.5 Å². The second-order valence-corrected chi connectivity index (χ2v) is 7.03. The number of pyridine rings is 1. The first kappa shape index (κ1) is 17.6. The summed E-state index contributed by atoms with van der Waals surface area (Å²) >= 11 is 0. The minimum Gasteiger partial charge on any atom is -0.497 e. The van der Waals surface area contributed by atoms with Crippen molar-refractivity contribution in [1.82, 2.24) is 14.2 Å². The van der Waals surface area contributed by atoms with Crippen molar-refractivity contribution < 1.29 is 4.74 Å². The van der Waals surface area contributed by atoms with Crippen molar-refractivity contribution in [3.63, 3.8) is 0 Å². The molecule has 2 aromatic heterocycles. The maximum atomic E-state index is 9.58. The summed E-state index contributed by atoms with van der Waals surface area (Å²) in [6.07, 6.45) is 4.10. The van der Waals surface area contributed by atoms with Gasteiger partial charge in [0.2, 0.25) is 0 Å². The van der Waals surface area contributed by atoms with Crippen LogP contribution < -0.4 is 4.74 Å². The largest absolute Gasteiger partial charge is 0.497 e. The lowest BCUT2D eigenvalue weighted by Gasteiger charge is -2.34. The van der Waals surface area contributed by atoms with Gasteiger partial charge in [0.25, 0.3) is 0 Å². The number of aromatic nitrogens is 1. The highest BCUT2D eigenvalue weighted by Gasteiger charge is 2.19. The lowest BCUT2D eigenvalue weighted by atomic mass is 10.1. The summed E-state index contributed by atoms with van der Waals surface area (Å²) in [7, 11) is 1.69. The molecule has 1 aromatic carbocycles. The first-order valence-corrected chi connectivity index (χ1v) is 9.33. The number of methoxy groups -OCH3 is 1. The van der Waals surface area contributed by atoms with Crippen molar-refractivity contribution in [1.29, 1.82) is 5.26 Å². The number of benzene rings is 1. The van der Waals surface area contributed by atoms with Crippen molar-refractivity contribution in [3.8, 4) is 11.8 Å². The summed E-state index contributed by atoms with van der Waals surface area (Å²) in [6, 6.07) is 16.7. The molecule has 0 N–H and O–H groups in total. The Morgan fingerprint density at radius 2 is 1.67 bits per heavy atom. The summed E-state index contributed by atoms with van der Waals surface area (Å²) in [5, 5.41) is 9.58. The van der Waals surface area contributed by atoms with Crippen LogP contribution in [0.4, 0.5) is 0 Å². The normalized spacial score (nSPS) is 15.7. The molecule has 0 saturated carbocycles. The van der Waals surface area contributed by atoms with Crippen LogP contribution in [0.25, 0.3) is 5.52 Å². The van der Waals surface area contributed by atoms with E-state index in [1.165, 1.54) is 5.56 Å². The average molecular weight is 360 g/mol. The van der Waals surface area contributed by atoms with E-state index >= 15 is 0 Å². The Kier molecular flexibility index (Phi) is 5.10. The summed E-state index contributed by atoms with van der Waals surface area (Å²) in [5.74, 6) is 0.900. The fraction of sp³-hybridized carbons (Fsp3) is 0.318. The zero-order valence-electron chi connectivity index (χ0n) is 15.6. The molecule has 1 aliphatic heterocycles. The third-order valence-corrected chi connectivity index (χ3v) is 5.30. The highest BCUT2D eigenvalue weighted by Crippen LogP contribution is 2.20. The van der Waals surface area contributed by atoms with Gasteiger partial charge in [0.15, 0.2) is 0 Å². The number of fused-ring (bicyclic) bond motifs is 1. The van der Waals surface area contributed by atoms with Crippen LogP contribution >= 0.6 is 0 Å². The zero-order valence-corrected chi connectivity index (χ0v) is 15.6.